The minimum absolute atomic E-state index is 0.0574. The Balaban J connectivity index is 1.68. The summed E-state index contributed by atoms with van der Waals surface area (Å²) in [5, 5.41) is 4.40. The molecule has 4 rings (SSSR count). The molecule has 0 radical (unpaired) electrons. The van der Waals surface area contributed by atoms with Crippen molar-refractivity contribution in [1.82, 2.24) is 4.57 Å². The highest BCUT2D eigenvalue weighted by atomic mass is 35.5. The predicted molar refractivity (Wildman–Crippen MR) is 144 cm³/mol. The second kappa shape index (κ2) is 10.4. The van der Waals surface area contributed by atoms with Gasteiger partial charge in [0.25, 0.3) is 11.5 Å². The molecule has 7 heteroatoms. The molecule has 0 aliphatic heterocycles. The molecule has 0 spiro atoms. The molecule has 0 bridgehead atoms. The Morgan fingerprint density at radius 3 is 2.11 bits per heavy atom. The number of pyridine rings is 1. The number of anilines is 1. The standard InChI is InChI=1S/C29H27ClN2O4/c1-17(2)19-11-15-22(16-12-19)31-27(33)18(3)36-29(35)26-25(20-9-13-21(30)14-10-20)23-7-5-6-8-24(23)28(34)32(26)4/h5-18H,1-4H3,(H,31,33). The molecule has 0 fully saturated rings. The van der Waals surface area contributed by atoms with E-state index in [0.29, 0.717) is 38.5 Å². The van der Waals surface area contributed by atoms with Crippen LogP contribution < -0.4 is 10.9 Å². The topological polar surface area (TPSA) is 77.4 Å². The van der Waals surface area contributed by atoms with Crippen molar-refractivity contribution in [3.05, 3.63) is 99.4 Å². The van der Waals surface area contributed by atoms with Crippen LogP contribution in [0.2, 0.25) is 5.02 Å². The van der Waals surface area contributed by atoms with Gasteiger partial charge in [-0.1, -0.05) is 67.9 Å². The summed E-state index contributed by atoms with van der Waals surface area (Å²) in [6.45, 7) is 5.68. The van der Waals surface area contributed by atoms with E-state index in [0.717, 1.165) is 5.56 Å². The molecular formula is C29H27ClN2O4. The maximum atomic E-state index is 13.4. The third kappa shape index (κ3) is 5.04. The fourth-order valence-corrected chi connectivity index (χ4v) is 4.20. The van der Waals surface area contributed by atoms with Crippen LogP contribution in [0.25, 0.3) is 21.9 Å². The van der Waals surface area contributed by atoms with E-state index in [1.165, 1.54) is 18.5 Å². The van der Waals surface area contributed by atoms with Crippen LogP contribution >= 0.6 is 11.6 Å². The Morgan fingerprint density at radius 1 is 0.889 bits per heavy atom. The molecular weight excluding hydrogens is 476 g/mol. The molecule has 4 aromatic rings. The average molecular weight is 503 g/mol. The van der Waals surface area contributed by atoms with Crippen molar-refractivity contribution >= 4 is 39.9 Å². The van der Waals surface area contributed by atoms with Gasteiger partial charge in [-0.25, -0.2) is 4.79 Å². The number of benzene rings is 3. The van der Waals surface area contributed by atoms with Crippen molar-refractivity contribution in [2.24, 2.45) is 7.05 Å². The van der Waals surface area contributed by atoms with Gasteiger partial charge in [-0.2, -0.15) is 0 Å². The average Bonchev–Trinajstić information content (AvgIpc) is 2.86. The van der Waals surface area contributed by atoms with E-state index in [1.54, 1.807) is 48.5 Å². The molecule has 6 nitrogen and oxygen atoms in total. The first-order chi connectivity index (χ1) is 17.2. The van der Waals surface area contributed by atoms with Crippen LogP contribution in [0.4, 0.5) is 5.69 Å². The molecule has 1 heterocycles. The minimum Gasteiger partial charge on any atom is -0.448 e. The SMILES string of the molecule is CC(OC(=O)c1c(-c2ccc(Cl)cc2)c2ccccc2c(=O)n1C)C(=O)Nc1ccc(C(C)C)cc1. The van der Waals surface area contributed by atoms with Gasteiger partial charge in [0, 0.05) is 28.7 Å². The molecule has 36 heavy (non-hydrogen) atoms. The summed E-state index contributed by atoms with van der Waals surface area (Å²) in [6, 6.07) is 21.6. The van der Waals surface area contributed by atoms with Crippen LogP contribution in [-0.4, -0.2) is 22.5 Å². The third-order valence-electron chi connectivity index (χ3n) is 6.13. The minimum atomic E-state index is -1.10. The summed E-state index contributed by atoms with van der Waals surface area (Å²) < 4.78 is 6.83. The van der Waals surface area contributed by atoms with E-state index in [1.807, 2.05) is 24.3 Å². The molecule has 1 N–H and O–H groups in total. The molecule has 1 unspecified atom stereocenters. The van der Waals surface area contributed by atoms with Gasteiger partial charge in [0.05, 0.1) is 0 Å². The molecule has 0 aliphatic carbocycles. The van der Waals surface area contributed by atoms with E-state index in [9.17, 15) is 14.4 Å². The smallest absolute Gasteiger partial charge is 0.356 e. The number of hydrogen-bond acceptors (Lipinski definition) is 4. The third-order valence-corrected chi connectivity index (χ3v) is 6.38. The summed E-state index contributed by atoms with van der Waals surface area (Å²) in [5.74, 6) is -0.874. The zero-order valence-corrected chi connectivity index (χ0v) is 21.3. The van der Waals surface area contributed by atoms with Crippen molar-refractivity contribution < 1.29 is 14.3 Å². The van der Waals surface area contributed by atoms with Gasteiger partial charge in [0.15, 0.2) is 6.10 Å². The predicted octanol–water partition coefficient (Wildman–Crippen LogP) is 6.17. The number of nitrogens with one attached hydrogen (secondary N) is 1. The van der Waals surface area contributed by atoms with E-state index >= 15 is 0 Å². The molecule has 1 atom stereocenters. The number of fused-ring (bicyclic) bond motifs is 1. The normalized spacial score (nSPS) is 11.9. The molecule has 1 aromatic heterocycles. The van der Waals surface area contributed by atoms with E-state index < -0.39 is 18.0 Å². The second-order valence-electron chi connectivity index (χ2n) is 8.95. The van der Waals surface area contributed by atoms with Crippen molar-refractivity contribution in [1.29, 1.82) is 0 Å². The number of carbonyl (C=O) groups is 2. The van der Waals surface area contributed by atoms with Gasteiger partial charge in [0.2, 0.25) is 0 Å². The summed E-state index contributed by atoms with van der Waals surface area (Å²) >= 11 is 6.08. The van der Waals surface area contributed by atoms with Gasteiger partial charge < -0.3 is 14.6 Å². The van der Waals surface area contributed by atoms with E-state index in [-0.39, 0.29) is 11.3 Å². The number of halogens is 1. The summed E-state index contributed by atoms with van der Waals surface area (Å²) in [5.41, 5.74) is 2.71. The Morgan fingerprint density at radius 2 is 1.50 bits per heavy atom. The number of ether oxygens (including phenoxy) is 1. The van der Waals surface area contributed by atoms with Gasteiger partial charge in [-0.3, -0.25) is 9.59 Å². The number of esters is 1. The Kier molecular flexibility index (Phi) is 7.27. The summed E-state index contributed by atoms with van der Waals surface area (Å²) in [6.07, 6.45) is -1.10. The molecule has 184 valence electrons. The number of aromatic nitrogens is 1. The number of amides is 1. The van der Waals surface area contributed by atoms with Crippen molar-refractivity contribution in [3.8, 4) is 11.1 Å². The lowest BCUT2D eigenvalue weighted by atomic mass is 9.96. The first kappa shape index (κ1) is 25.2. The number of rotatable bonds is 6. The highest BCUT2D eigenvalue weighted by Gasteiger charge is 2.26. The first-order valence-electron chi connectivity index (χ1n) is 11.7. The van der Waals surface area contributed by atoms with Gasteiger partial charge in [-0.05, 0) is 59.7 Å². The van der Waals surface area contributed by atoms with Gasteiger partial charge in [-0.15, -0.1) is 0 Å². The van der Waals surface area contributed by atoms with E-state index in [2.05, 4.69) is 19.2 Å². The van der Waals surface area contributed by atoms with Crippen LogP contribution in [0, 0.1) is 0 Å². The first-order valence-corrected chi connectivity index (χ1v) is 12.0. The molecule has 3 aromatic carbocycles. The Hall–Kier alpha value is -3.90. The lowest BCUT2D eigenvalue weighted by Crippen LogP contribution is -2.32. The zero-order chi connectivity index (χ0) is 26.0. The van der Waals surface area contributed by atoms with Crippen molar-refractivity contribution in [3.63, 3.8) is 0 Å². The highest BCUT2D eigenvalue weighted by Crippen LogP contribution is 2.32. The monoisotopic (exact) mass is 502 g/mol. The lowest BCUT2D eigenvalue weighted by Gasteiger charge is -2.19. The van der Waals surface area contributed by atoms with Crippen molar-refractivity contribution in [2.75, 3.05) is 5.32 Å². The largest absolute Gasteiger partial charge is 0.448 e. The highest BCUT2D eigenvalue weighted by molar-refractivity contribution is 6.30. The number of nitrogens with zero attached hydrogens (tertiary/aromatic N) is 1. The molecule has 0 saturated carbocycles. The van der Waals surface area contributed by atoms with Crippen LogP contribution in [-0.2, 0) is 16.6 Å². The van der Waals surface area contributed by atoms with Gasteiger partial charge in [0.1, 0.15) is 5.69 Å². The number of carbonyl (C=O) groups excluding carboxylic acids is 2. The Bertz CT molecular complexity index is 1490. The fourth-order valence-electron chi connectivity index (χ4n) is 4.08. The van der Waals surface area contributed by atoms with Gasteiger partial charge >= 0.3 is 5.97 Å². The van der Waals surface area contributed by atoms with Crippen LogP contribution in [0.5, 0.6) is 0 Å². The lowest BCUT2D eigenvalue weighted by molar-refractivity contribution is -0.123. The summed E-state index contributed by atoms with van der Waals surface area (Å²) in [4.78, 5) is 39.3. The zero-order valence-electron chi connectivity index (χ0n) is 20.5. The number of hydrogen-bond donors (Lipinski definition) is 1. The fraction of sp³-hybridized carbons (Fsp3) is 0.207. The van der Waals surface area contributed by atoms with Crippen LogP contribution in [0.3, 0.4) is 0 Å². The second-order valence-corrected chi connectivity index (χ2v) is 9.39. The maximum Gasteiger partial charge on any atom is 0.356 e. The summed E-state index contributed by atoms with van der Waals surface area (Å²) in [7, 11) is 1.52. The maximum absolute atomic E-state index is 13.4. The van der Waals surface area contributed by atoms with Crippen molar-refractivity contribution in [2.45, 2.75) is 32.8 Å². The molecule has 1 amide bonds. The Labute approximate surface area is 214 Å². The molecule has 0 saturated heterocycles. The quantitative estimate of drug-likeness (QED) is 0.320. The van der Waals surface area contributed by atoms with Crippen LogP contribution in [0.1, 0.15) is 42.7 Å². The van der Waals surface area contributed by atoms with Crippen LogP contribution in [0.15, 0.2) is 77.6 Å². The van der Waals surface area contributed by atoms with E-state index in [4.69, 9.17) is 16.3 Å². The molecule has 0 aliphatic rings.